The van der Waals surface area contributed by atoms with Gasteiger partial charge in [-0.3, -0.25) is 4.79 Å². The molecule has 3 aromatic rings. The van der Waals surface area contributed by atoms with Crippen LogP contribution in [0.2, 0.25) is 10.0 Å². The van der Waals surface area contributed by atoms with Crippen molar-refractivity contribution in [2.45, 2.75) is 51.5 Å². The zero-order valence-corrected chi connectivity index (χ0v) is 22.6. The van der Waals surface area contributed by atoms with E-state index in [1.165, 1.54) is 6.07 Å². The minimum Gasteiger partial charge on any atom is -0.334 e. The number of hydrogen-bond acceptors (Lipinski definition) is 1. The van der Waals surface area contributed by atoms with Gasteiger partial charge in [0.25, 0.3) is 5.91 Å². The van der Waals surface area contributed by atoms with E-state index in [4.69, 9.17) is 23.2 Å². The molecule has 0 atom stereocenters. The van der Waals surface area contributed by atoms with Crippen molar-refractivity contribution in [3.63, 3.8) is 0 Å². The van der Waals surface area contributed by atoms with Gasteiger partial charge in [-0.25, -0.2) is 4.39 Å². The van der Waals surface area contributed by atoms with Gasteiger partial charge < -0.3 is 4.90 Å². The van der Waals surface area contributed by atoms with Crippen LogP contribution in [0.4, 0.5) is 30.7 Å². The highest BCUT2D eigenvalue weighted by Crippen LogP contribution is 2.35. The number of halogens is 9. The largest absolute Gasteiger partial charge is 0.416 e. The third kappa shape index (κ3) is 7.88. The zero-order chi connectivity index (χ0) is 29.3. The molecule has 3 aromatic carbocycles. The van der Waals surface area contributed by atoms with Gasteiger partial charge in [0.15, 0.2) is 5.82 Å². The molecule has 0 aliphatic heterocycles. The third-order valence-electron chi connectivity index (χ3n) is 6.02. The number of hydrogen-bond donors (Lipinski definition) is 0. The summed E-state index contributed by atoms with van der Waals surface area (Å²) < 4.78 is 94.6. The van der Waals surface area contributed by atoms with Crippen LogP contribution in [0.1, 0.15) is 58.9 Å². The number of carbonyl (C=O) groups is 1. The summed E-state index contributed by atoms with van der Waals surface area (Å²) in [5.41, 5.74) is -1.67. The predicted molar refractivity (Wildman–Crippen MR) is 136 cm³/mol. The normalized spacial score (nSPS) is 12.5. The molecule has 0 unspecified atom stereocenters. The Balaban J connectivity index is 2.00. The lowest BCUT2D eigenvalue weighted by molar-refractivity contribution is -0.138. The highest BCUT2D eigenvalue weighted by atomic mass is 35.5. The third-order valence-corrected chi connectivity index (χ3v) is 6.52. The fourth-order valence-corrected chi connectivity index (χ4v) is 4.36. The van der Waals surface area contributed by atoms with Gasteiger partial charge in [0, 0.05) is 18.1 Å². The van der Waals surface area contributed by atoms with Gasteiger partial charge >= 0.3 is 12.4 Å². The number of benzene rings is 3. The summed E-state index contributed by atoms with van der Waals surface area (Å²) in [6.45, 7) is 5.60. The summed E-state index contributed by atoms with van der Waals surface area (Å²) in [5, 5.41) is -1.06. The Bertz CT molecular complexity index is 1340. The lowest BCUT2D eigenvalue weighted by Crippen LogP contribution is -2.33. The maximum atomic E-state index is 14.8. The van der Waals surface area contributed by atoms with Crippen LogP contribution in [-0.2, 0) is 30.7 Å². The molecule has 0 saturated heterocycles. The average Bonchev–Trinajstić information content (AvgIpc) is 2.81. The smallest absolute Gasteiger partial charge is 0.334 e. The molecule has 1 amide bonds. The van der Waals surface area contributed by atoms with Crippen LogP contribution < -0.4 is 0 Å². The Kier molecular flexibility index (Phi) is 8.97. The van der Waals surface area contributed by atoms with E-state index in [1.54, 1.807) is 12.1 Å². The van der Waals surface area contributed by atoms with Crippen LogP contribution in [0.25, 0.3) is 0 Å². The zero-order valence-electron chi connectivity index (χ0n) is 21.1. The van der Waals surface area contributed by atoms with Crippen LogP contribution >= 0.6 is 23.2 Å². The maximum Gasteiger partial charge on any atom is 0.416 e. The molecule has 0 aliphatic rings. The van der Waals surface area contributed by atoms with Crippen molar-refractivity contribution in [1.29, 1.82) is 0 Å². The summed E-state index contributed by atoms with van der Waals surface area (Å²) in [4.78, 5) is 14.5. The Labute approximate surface area is 231 Å². The molecule has 210 valence electrons. The molecule has 0 fully saturated rings. The minimum absolute atomic E-state index is 0.135. The highest BCUT2D eigenvalue weighted by molar-refractivity contribution is 6.31. The second-order valence-corrected chi connectivity index (χ2v) is 10.9. The summed E-state index contributed by atoms with van der Waals surface area (Å²) in [6, 6.07) is 10.8. The number of alkyl halides is 6. The maximum absolute atomic E-state index is 14.8. The summed E-state index contributed by atoms with van der Waals surface area (Å²) in [6.07, 6.45) is -9.69. The van der Waals surface area contributed by atoms with Crippen molar-refractivity contribution >= 4 is 29.1 Å². The lowest BCUT2D eigenvalue weighted by atomic mass is 9.87. The summed E-state index contributed by atoms with van der Waals surface area (Å²) in [7, 11) is 0. The standard InChI is InChI=1S/C28H24Cl2F7NO/c1-26(2,3)18-6-4-16(5-7-18)15-38(9-8-17-10-19(27(32,33)34)12-21(29)11-17)25(39)22-13-20(28(35,36)37)14-23(30)24(22)31/h4-7,10-14H,8-9,15H2,1-3H3. The lowest BCUT2D eigenvalue weighted by Gasteiger charge is -2.25. The second-order valence-electron chi connectivity index (χ2n) is 10.1. The predicted octanol–water partition coefficient (Wildman–Crippen LogP) is 9.35. The fraction of sp³-hybridized carbons (Fsp3) is 0.321. The molecule has 0 spiro atoms. The van der Waals surface area contributed by atoms with Crippen molar-refractivity contribution < 1.29 is 35.5 Å². The van der Waals surface area contributed by atoms with Gasteiger partial charge in [0.2, 0.25) is 0 Å². The van der Waals surface area contributed by atoms with Crippen molar-refractivity contribution in [3.8, 4) is 0 Å². The molecule has 39 heavy (non-hydrogen) atoms. The van der Waals surface area contributed by atoms with E-state index in [1.807, 2.05) is 32.9 Å². The molecule has 0 saturated carbocycles. The van der Waals surface area contributed by atoms with E-state index in [2.05, 4.69) is 0 Å². The summed E-state index contributed by atoms with van der Waals surface area (Å²) in [5.74, 6) is -2.43. The average molecular weight is 594 g/mol. The molecule has 2 nitrogen and oxygen atoms in total. The second kappa shape index (κ2) is 11.4. The molecule has 0 aromatic heterocycles. The Morgan fingerprint density at radius 2 is 1.33 bits per heavy atom. The van der Waals surface area contributed by atoms with Crippen molar-refractivity contribution in [3.05, 3.63) is 104 Å². The van der Waals surface area contributed by atoms with Crippen LogP contribution in [0.3, 0.4) is 0 Å². The first-order valence-electron chi connectivity index (χ1n) is 11.7. The first-order valence-corrected chi connectivity index (χ1v) is 12.4. The van der Waals surface area contributed by atoms with Crippen molar-refractivity contribution in [1.82, 2.24) is 4.90 Å². The monoisotopic (exact) mass is 593 g/mol. The molecule has 0 heterocycles. The molecule has 0 N–H and O–H groups in total. The first kappa shape index (κ1) is 30.8. The van der Waals surface area contributed by atoms with Crippen LogP contribution in [0.15, 0.2) is 54.6 Å². The number of nitrogens with zero attached hydrogens (tertiary/aromatic N) is 1. The fourth-order valence-electron chi connectivity index (χ4n) is 3.88. The van der Waals surface area contributed by atoms with Gasteiger partial charge in [-0.2, -0.15) is 26.3 Å². The number of carbonyl (C=O) groups excluding carboxylic acids is 1. The molecule has 0 aliphatic carbocycles. The molecule has 3 rings (SSSR count). The Morgan fingerprint density at radius 3 is 1.87 bits per heavy atom. The SMILES string of the molecule is CC(C)(C)c1ccc(CN(CCc2cc(Cl)cc(C(F)(F)F)c2)C(=O)c2cc(C(F)(F)F)cc(Cl)c2F)cc1. The minimum atomic E-state index is -4.89. The number of rotatable bonds is 6. The topological polar surface area (TPSA) is 20.3 Å². The van der Waals surface area contributed by atoms with Gasteiger partial charge in [-0.1, -0.05) is 68.2 Å². The quantitative estimate of drug-likeness (QED) is 0.261. The van der Waals surface area contributed by atoms with Crippen LogP contribution in [-0.4, -0.2) is 17.4 Å². The van der Waals surface area contributed by atoms with Crippen LogP contribution in [0.5, 0.6) is 0 Å². The molecular formula is C28H24Cl2F7NO. The van der Waals surface area contributed by atoms with Gasteiger partial charge in [-0.15, -0.1) is 0 Å². The van der Waals surface area contributed by atoms with E-state index in [0.29, 0.717) is 17.7 Å². The van der Waals surface area contributed by atoms with E-state index in [0.717, 1.165) is 22.6 Å². The van der Waals surface area contributed by atoms with E-state index in [9.17, 15) is 35.5 Å². The van der Waals surface area contributed by atoms with E-state index >= 15 is 0 Å². The highest BCUT2D eigenvalue weighted by Gasteiger charge is 2.34. The van der Waals surface area contributed by atoms with Gasteiger partial charge in [0.05, 0.1) is 21.7 Å². The molecule has 11 heteroatoms. The van der Waals surface area contributed by atoms with Crippen molar-refractivity contribution in [2.75, 3.05) is 6.54 Å². The first-order chi connectivity index (χ1) is 17.9. The van der Waals surface area contributed by atoms with E-state index in [-0.39, 0.29) is 35.5 Å². The Morgan fingerprint density at radius 1 is 0.769 bits per heavy atom. The van der Waals surface area contributed by atoms with Gasteiger partial charge in [0.1, 0.15) is 0 Å². The summed E-state index contributed by atoms with van der Waals surface area (Å²) >= 11 is 11.5. The van der Waals surface area contributed by atoms with Crippen LogP contribution in [0, 0.1) is 5.82 Å². The number of amides is 1. The Hall–Kier alpha value is -2.78. The van der Waals surface area contributed by atoms with Crippen molar-refractivity contribution in [2.24, 2.45) is 0 Å². The molecule has 0 radical (unpaired) electrons. The van der Waals surface area contributed by atoms with Gasteiger partial charge in [-0.05, 0) is 58.9 Å². The van der Waals surface area contributed by atoms with E-state index < -0.39 is 45.8 Å². The molecule has 0 bridgehead atoms. The molecular weight excluding hydrogens is 570 g/mol.